The summed E-state index contributed by atoms with van der Waals surface area (Å²) in [7, 11) is 0. The first-order chi connectivity index (χ1) is 13.5. The van der Waals surface area contributed by atoms with Gasteiger partial charge in [-0.1, -0.05) is 53.2 Å². The van der Waals surface area contributed by atoms with E-state index in [0.717, 1.165) is 21.7 Å². The van der Waals surface area contributed by atoms with Gasteiger partial charge in [-0.2, -0.15) is 0 Å². The van der Waals surface area contributed by atoms with Crippen molar-refractivity contribution in [3.05, 3.63) is 92.0 Å². The van der Waals surface area contributed by atoms with Gasteiger partial charge in [0.05, 0.1) is 26.5 Å². The first kappa shape index (κ1) is 20.5. The second kappa shape index (κ2) is 9.30. The van der Waals surface area contributed by atoms with Gasteiger partial charge in [0, 0.05) is 23.2 Å². The monoisotopic (exact) mass is 434 g/mol. The first-order valence-corrected chi connectivity index (χ1v) is 9.87. The van der Waals surface area contributed by atoms with Crippen molar-refractivity contribution in [1.29, 1.82) is 0 Å². The maximum absolute atomic E-state index is 11.5. The van der Waals surface area contributed by atoms with E-state index in [2.05, 4.69) is 5.32 Å². The molecule has 3 aromatic rings. The van der Waals surface area contributed by atoms with Gasteiger partial charge in [-0.15, -0.1) is 0 Å². The molecule has 8 heteroatoms. The lowest BCUT2D eigenvalue weighted by atomic mass is 10.1. The molecule has 0 radical (unpaired) electrons. The second-order valence-electron chi connectivity index (χ2n) is 5.95. The van der Waals surface area contributed by atoms with E-state index in [4.69, 9.17) is 23.2 Å². The van der Waals surface area contributed by atoms with E-state index in [1.54, 1.807) is 30.3 Å². The molecular formula is C20H16Cl2N2O3S. The Hall–Kier alpha value is -2.25. The largest absolute Gasteiger partial charge is 0.392 e. The van der Waals surface area contributed by atoms with Crippen LogP contribution >= 0.6 is 35.0 Å². The molecule has 0 fully saturated rings. The molecule has 0 spiro atoms. The normalized spacial score (nSPS) is 10.7. The molecule has 3 rings (SSSR count). The molecule has 144 valence electrons. The zero-order valence-electron chi connectivity index (χ0n) is 14.6. The van der Waals surface area contributed by atoms with Crippen LogP contribution in [-0.2, 0) is 13.2 Å². The van der Waals surface area contributed by atoms with E-state index in [9.17, 15) is 15.2 Å². The van der Waals surface area contributed by atoms with Crippen molar-refractivity contribution in [3.63, 3.8) is 0 Å². The molecule has 0 unspecified atom stereocenters. The first-order valence-electron chi connectivity index (χ1n) is 8.30. The van der Waals surface area contributed by atoms with Crippen molar-refractivity contribution in [3.8, 4) is 0 Å². The molecule has 28 heavy (non-hydrogen) atoms. The molecule has 0 aromatic heterocycles. The van der Waals surface area contributed by atoms with Crippen molar-refractivity contribution < 1.29 is 10.0 Å². The molecule has 0 bridgehead atoms. The van der Waals surface area contributed by atoms with Gasteiger partial charge < -0.3 is 10.4 Å². The van der Waals surface area contributed by atoms with Crippen LogP contribution in [0.4, 0.5) is 11.4 Å². The van der Waals surface area contributed by atoms with E-state index in [1.165, 1.54) is 11.8 Å². The summed E-state index contributed by atoms with van der Waals surface area (Å²) in [6.45, 7) is 0.384. The molecule has 0 heterocycles. The number of rotatable bonds is 7. The maximum Gasteiger partial charge on any atom is 0.283 e. The molecule has 0 aliphatic heterocycles. The number of hydrogen-bond acceptors (Lipinski definition) is 5. The van der Waals surface area contributed by atoms with Gasteiger partial charge in [-0.3, -0.25) is 10.1 Å². The number of halogens is 2. The molecule has 0 aliphatic rings. The van der Waals surface area contributed by atoms with Gasteiger partial charge >= 0.3 is 0 Å². The standard InChI is InChI=1S/C20H16Cl2N2O3S/c21-17-6-5-16(10-18(17)22)28-20-7-4-13(9-19(20)24(26)27)11-23-15-3-1-2-14(8-15)12-25/h1-10,23,25H,11-12H2. The molecule has 0 saturated carbocycles. The third-order valence-electron chi connectivity index (χ3n) is 3.95. The van der Waals surface area contributed by atoms with Gasteiger partial charge in [0.25, 0.3) is 5.69 Å². The molecule has 3 aromatic carbocycles. The average molecular weight is 435 g/mol. The zero-order valence-corrected chi connectivity index (χ0v) is 16.9. The Kier molecular flexibility index (Phi) is 6.80. The summed E-state index contributed by atoms with van der Waals surface area (Å²) >= 11 is 13.2. The lowest BCUT2D eigenvalue weighted by Crippen LogP contribution is -2.01. The predicted octanol–water partition coefficient (Wildman–Crippen LogP) is 6.16. The van der Waals surface area contributed by atoms with Crippen molar-refractivity contribution in [2.75, 3.05) is 5.32 Å². The lowest BCUT2D eigenvalue weighted by Gasteiger charge is -2.09. The Labute approximate surface area is 176 Å². The quantitative estimate of drug-likeness (QED) is 0.344. The summed E-state index contributed by atoms with van der Waals surface area (Å²) in [6.07, 6.45) is 0. The van der Waals surface area contributed by atoms with Crippen LogP contribution in [-0.4, -0.2) is 10.0 Å². The number of nitrogens with one attached hydrogen (secondary N) is 1. The Morgan fingerprint density at radius 2 is 1.82 bits per heavy atom. The van der Waals surface area contributed by atoms with Crippen LogP contribution in [0, 0.1) is 10.1 Å². The van der Waals surface area contributed by atoms with Crippen LogP contribution < -0.4 is 5.32 Å². The van der Waals surface area contributed by atoms with Crippen molar-refractivity contribution in [1.82, 2.24) is 0 Å². The number of nitrogens with zero attached hydrogens (tertiary/aromatic N) is 1. The van der Waals surface area contributed by atoms with Gasteiger partial charge in [0.15, 0.2) is 0 Å². The maximum atomic E-state index is 11.5. The predicted molar refractivity (Wildman–Crippen MR) is 113 cm³/mol. The van der Waals surface area contributed by atoms with Gasteiger partial charge in [0.2, 0.25) is 0 Å². The number of anilines is 1. The van der Waals surface area contributed by atoms with Crippen molar-refractivity contribution in [2.24, 2.45) is 0 Å². The van der Waals surface area contributed by atoms with E-state index >= 15 is 0 Å². The molecule has 2 N–H and O–H groups in total. The molecular weight excluding hydrogens is 419 g/mol. The molecule has 0 aliphatic carbocycles. The Balaban J connectivity index is 1.78. The number of nitro groups is 1. The smallest absolute Gasteiger partial charge is 0.283 e. The van der Waals surface area contributed by atoms with Crippen LogP contribution in [0.25, 0.3) is 0 Å². The fraction of sp³-hybridized carbons (Fsp3) is 0.100. The van der Waals surface area contributed by atoms with Gasteiger partial charge in [-0.05, 0) is 47.5 Å². The number of nitro benzene ring substituents is 1. The summed E-state index contributed by atoms with van der Waals surface area (Å²) in [4.78, 5) is 12.4. The number of benzene rings is 3. The summed E-state index contributed by atoms with van der Waals surface area (Å²) in [5, 5.41) is 24.8. The van der Waals surface area contributed by atoms with Crippen molar-refractivity contribution in [2.45, 2.75) is 22.9 Å². The zero-order chi connectivity index (χ0) is 20.1. The fourth-order valence-electron chi connectivity index (χ4n) is 2.55. The highest BCUT2D eigenvalue weighted by Gasteiger charge is 2.16. The van der Waals surface area contributed by atoms with Crippen LogP contribution in [0.5, 0.6) is 0 Å². The van der Waals surface area contributed by atoms with Crippen molar-refractivity contribution >= 4 is 46.3 Å². The molecule has 0 saturated heterocycles. The number of hydrogen-bond donors (Lipinski definition) is 2. The fourth-order valence-corrected chi connectivity index (χ4v) is 3.86. The third-order valence-corrected chi connectivity index (χ3v) is 5.74. The Morgan fingerprint density at radius 3 is 2.54 bits per heavy atom. The van der Waals surface area contributed by atoms with Crippen LogP contribution in [0.1, 0.15) is 11.1 Å². The Bertz CT molecular complexity index is 1010. The molecule has 0 atom stereocenters. The minimum absolute atomic E-state index is 0.0273. The second-order valence-corrected chi connectivity index (χ2v) is 7.88. The van der Waals surface area contributed by atoms with E-state index in [0.29, 0.717) is 21.5 Å². The highest BCUT2D eigenvalue weighted by atomic mass is 35.5. The van der Waals surface area contributed by atoms with E-state index in [-0.39, 0.29) is 12.3 Å². The highest BCUT2D eigenvalue weighted by molar-refractivity contribution is 7.99. The SMILES string of the molecule is O=[N+]([O-])c1cc(CNc2cccc(CO)c2)ccc1Sc1ccc(Cl)c(Cl)c1. The highest BCUT2D eigenvalue weighted by Crippen LogP contribution is 2.37. The number of aliphatic hydroxyl groups is 1. The minimum Gasteiger partial charge on any atom is -0.392 e. The van der Waals surface area contributed by atoms with Gasteiger partial charge in [-0.25, -0.2) is 0 Å². The van der Waals surface area contributed by atoms with Gasteiger partial charge in [0.1, 0.15) is 0 Å². The summed E-state index contributed by atoms with van der Waals surface area (Å²) in [6, 6.07) is 17.6. The lowest BCUT2D eigenvalue weighted by molar-refractivity contribution is -0.387. The number of aliphatic hydroxyl groups excluding tert-OH is 1. The summed E-state index contributed by atoms with van der Waals surface area (Å²) < 4.78 is 0. The van der Waals surface area contributed by atoms with Crippen LogP contribution in [0.15, 0.2) is 70.5 Å². The molecule has 0 amide bonds. The van der Waals surface area contributed by atoms with Crippen LogP contribution in [0.2, 0.25) is 10.0 Å². The third kappa shape index (κ3) is 5.17. The summed E-state index contributed by atoms with van der Waals surface area (Å²) in [5.74, 6) is 0. The minimum atomic E-state index is -0.393. The van der Waals surface area contributed by atoms with E-state index < -0.39 is 4.92 Å². The summed E-state index contributed by atoms with van der Waals surface area (Å²) in [5.41, 5.74) is 2.44. The van der Waals surface area contributed by atoms with E-state index in [1.807, 2.05) is 30.3 Å². The van der Waals surface area contributed by atoms with Crippen LogP contribution in [0.3, 0.4) is 0 Å². The molecule has 5 nitrogen and oxygen atoms in total. The Morgan fingerprint density at radius 1 is 1.00 bits per heavy atom. The average Bonchev–Trinajstić information content (AvgIpc) is 2.70. The topological polar surface area (TPSA) is 75.4 Å².